The van der Waals surface area contributed by atoms with Crippen molar-refractivity contribution in [2.45, 2.75) is 11.4 Å². The number of rotatable bonds is 7. The Morgan fingerprint density at radius 3 is 2.16 bits per heavy atom. The van der Waals surface area contributed by atoms with E-state index >= 15 is 0 Å². The smallest absolute Gasteiger partial charge is 0.243 e. The summed E-state index contributed by atoms with van der Waals surface area (Å²) in [5.74, 6) is -0.572. The lowest BCUT2D eigenvalue weighted by Crippen LogP contribution is -2.37. The molecule has 5 nitrogen and oxygen atoms in total. The third-order valence-corrected chi connectivity index (χ3v) is 7.63. The first-order valence-electron chi connectivity index (χ1n) is 8.91. The van der Waals surface area contributed by atoms with Gasteiger partial charge in [-0.2, -0.15) is 4.31 Å². The van der Waals surface area contributed by atoms with Crippen molar-refractivity contribution in [3.8, 4) is 0 Å². The molecule has 0 fully saturated rings. The van der Waals surface area contributed by atoms with Gasteiger partial charge in [-0.05, 0) is 42.0 Å². The lowest BCUT2D eigenvalue weighted by molar-refractivity contribution is -0.116. The highest BCUT2D eigenvalue weighted by atomic mass is 79.9. The third-order valence-electron chi connectivity index (χ3n) is 4.26. The van der Waals surface area contributed by atoms with E-state index in [1.807, 2.05) is 0 Å². The Hall–Kier alpha value is -1.61. The monoisotopic (exact) mass is 560 g/mol. The highest BCUT2D eigenvalue weighted by Crippen LogP contribution is 2.32. The van der Waals surface area contributed by atoms with Crippen LogP contribution in [0.3, 0.4) is 0 Å². The molecular weight excluding hydrogens is 547 g/mol. The van der Waals surface area contributed by atoms with E-state index in [4.69, 9.17) is 34.8 Å². The van der Waals surface area contributed by atoms with Gasteiger partial charge < -0.3 is 5.32 Å². The number of hydrogen-bond acceptors (Lipinski definition) is 3. The zero-order valence-corrected chi connectivity index (χ0v) is 20.5. The Morgan fingerprint density at radius 2 is 1.52 bits per heavy atom. The van der Waals surface area contributed by atoms with Crippen LogP contribution < -0.4 is 5.32 Å². The SMILES string of the molecule is O=C(CN(Cc1ccc(Br)cc1)S(=O)(=O)c1ccccc1)Nc1cc(Cl)c(Cl)cc1Cl. The van der Waals surface area contributed by atoms with Gasteiger partial charge in [0.1, 0.15) is 0 Å². The maximum absolute atomic E-state index is 13.2. The molecule has 0 saturated carbocycles. The molecule has 0 heterocycles. The van der Waals surface area contributed by atoms with E-state index in [0.717, 1.165) is 14.3 Å². The molecule has 162 valence electrons. The molecule has 0 saturated heterocycles. The quantitative estimate of drug-likeness (QED) is 0.347. The number of amides is 1. The molecule has 0 radical (unpaired) electrons. The zero-order valence-electron chi connectivity index (χ0n) is 15.9. The van der Waals surface area contributed by atoms with E-state index in [1.165, 1.54) is 24.3 Å². The molecule has 0 atom stereocenters. The summed E-state index contributed by atoms with van der Waals surface area (Å²) in [4.78, 5) is 12.8. The van der Waals surface area contributed by atoms with E-state index in [2.05, 4.69) is 21.2 Å². The highest BCUT2D eigenvalue weighted by Gasteiger charge is 2.27. The summed E-state index contributed by atoms with van der Waals surface area (Å²) >= 11 is 21.4. The van der Waals surface area contributed by atoms with Crippen LogP contribution in [0.4, 0.5) is 5.69 Å². The average Bonchev–Trinajstić information content (AvgIpc) is 2.73. The van der Waals surface area contributed by atoms with Crippen molar-refractivity contribution in [2.24, 2.45) is 0 Å². The summed E-state index contributed by atoms with van der Waals surface area (Å²) in [6.07, 6.45) is 0. The average molecular weight is 563 g/mol. The van der Waals surface area contributed by atoms with Crippen molar-refractivity contribution < 1.29 is 13.2 Å². The maximum Gasteiger partial charge on any atom is 0.243 e. The molecule has 0 unspecified atom stereocenters. The largest absolute Gasteiger partial charge is 0.324 e. The van der Waals surface area contributed by atoms with Gasteiger partial charge >= 0.3 is 0 Å². The summed E-state index contributed by atoms with van der Waals surface area (Å²) < 4.78 is 28.4. The van der Waals surface area contributed by atoms with Gasteiger partial charge in [0.25, 0.3) is 0 Å². The Balaban J connectivity index is 1.88. The van der Waals surface area contributed by atoms with E-state index in [0.29, 0.717) is 0 Å². The Morgan fingerprint density at radius 1 is 0.903 bits per heavy atom. The minimum absolute atomic E-state index is 0.00698. The summed E-state index contributed by atoms with van der Waals surface area (Å²) in [6, 6.07) is 17.9. The van der Waals surface area contributed by atoms with Crippen molar-refractivity contribution in [3.05, 3.63) is 91.8 Å². The predicted molar refractivity (Wildman–Crippen MR) is 128 cm³/mol. The van der Waals surface area contributed by atoms with Gasteiger partial charge in [0.15, 0.2) is 0 Å². The van der Waals surface area contributed by atoms with E-state index in [9.17, 15) is 13.2 Å². The lowest BCUT2D eigenvalue weighted by Gasteiger charge is -2.22. The Labute approximate surface area is 204 Å². The molecular formula is C21H16BrCl3N2O3S. The van der Waals surface area contributed by atoms with Crippen LogP contribution in [0.15, 0.2) is 76.1 Å². The van der Waals surface area contributed by atoms with Crippen LogP contribution in [0.5, 0.6) is 0 Å². The number of anilines is 1. The van der Waals surface area contributed by atoms with Crippen molar-refractivity contribution >= 4 is 72.4 Å². The van der Waals surface area contributed by atoms with Crippen LogP contribution in [0.25, 0.3) is 0 Å². The number of halogens is 4. The Kier molecular flexibility index (Phi) is 8.02. The second kappa shape index (κ2) is 10.3. The number of carbonyl (C=O) groups is 1. The number of sulfonamides is 1. The molecule has 0 aliphatic rings. The fourth-order valence-corrected chi connectivity index (χ4v) is 4.99. The normalized spacial score (nSPS) is 11.5. The first-order chi connectivity index (χ1) is 14.7. The summed E-state index contributed by atoms with van der Waals surface area (Å²) in [5.41, 5.74) is 0.963. The number of benzene rings is 3. The fraction of sp³-hybridized carbons (Fsp3) is 0.0952. The number of hydrogen-bond donors (Lipinski definition) is 1. The number of nitrogens with zero attached hydrogens (tertiary/aromatic N) is 1. The molecule has 1 amide bonds. The first-order valence-corrected chi connectivity index (χ1v) is 12.3. The minimum atomic E-state index is -3.94. The Bertz CT molecular complexity index is 1190. The number of carbonyl (C=O) groups excluding carboxylic acids is 1. The maximum atomic E-state index is 13.2. The molecule has 10 heteroatoms. The molecule has 3 rings (SSSR count). The van der Waals surface area contributed by atoms with Crippen molar-refractivity contribution in [1.82, 2.24) is 4.31 Å². The van der Waals surface area contributed by atoms with Gasteiger partial charge in [-0.15, -0.1) is 0 Å². The van der Waals surface area contributed by atoms with Gasteiger partial charge in [-0.3, -0.25) is 4.79 Å². The van der Waals surface area contributed by atoms with Crippen molar-refractivity contribution in [1.29, 1.82) is 0 Å². The van der Waals surface area contributed by atoms with Crippen LogP contribution in [0, 0.1) is 0 Å². The molecule has 0 bridgehead atoms. The summed E-state index contributed by atoms with van der Waals surface area (Å²) in [7, 11) is -3.94. The predicted octanol–water partition coefficient (Wildman–Crippen LogP) is 6.24. The van der Waals surface area contributed by atoms with Crippen LogP contribution >= 0.6 is 50.7 Å². The molecule has 31 heavy (non-hydrogen) atoms. The van der Waals surface area contributed by atoms with Crippen LogP contribution in [0.2, 0.25) is 15.1 Å². The van der Waals surface area contributed by atoms with Crippen LogP contribution in [0.1, 0.15) is 5.56 Å². The van der Waals surface area contributed by atoms with Crippen molar-refractivity contribution in [3.63, 3.8) is 0 Å². The van der Waals surface area contributed by atoms with Gasteiger partial charge in [0.2, 0.25) is 15.9 Å². The van der Waals surface area contributed by atoms with Gasteiger partial charge in [-0.25, -0.2) is 8.42 Å². The molecule has 3 aromatic rings. The minimum Gasteiger partial charge on any atom is -0.324 e. The number of nitrogens with one attached hydrogen (secondary N) is 1. The molecule has 0 aliphatic carbocycles. The molecule has 0 aliphatic heterocycles. The van der Waals surface area contributed by atoms with Gasteiger partial charge in [0.05, 0.1) is 32.2 Å². The van der Waals surface area contributed by atoms with Crippen molar-refractivity contribution in [2.75, 3.05) is 11.9 Å². The lowest BCUT2D eigenvalue weighted by atomic mass is 10.2. The van der Waals surface area contributed by atoms with E-state index in [1.54, 1.807) is 42.5 Å². The summed E-state index contributed by atoms with van der Waals surface area (Å²) in [6.45, 7) is -0.420. The topological polar surface area (TPSA) is 66.5 Å². The van der Waals surface area contributed by atoms with Crippen LogP contribution in [-0.4, -0.2) is 25.2 Å². The molecule has 0 spiro atoms. The van der Waals surface area contributed by atoms with Gasteiger partial charge in [0, 0.05) is 11.0 Å². The summed E-state index contributed by atoms with van der Waals surface area (Å²) in [5, 5.41) is 3.24. The second-order valence-electron chi connectivity index (χ2n) is 6.51. The van der Waals surface area contributed by atoms with E-state index in [-0.39, 0.29) is 32.2 Å². The molecule has 1 N–H and O–H groups in total. The second-order valence-corrected chi connectivity index (χ2v) is 10.6. The first kappa shape index (κ1) is 24.0. The third kappa shape index (κ3) is 6.22. The standard InChI is InChI=1S/C21H16BrCl3N2O3S/c22-15-8-6-14(7-9-15)12-27(31(29,30)16-4-2-1-3-5-16)13-21(28)26-20-11-18(24)17(23)10-19(20)25/h1-11H,12-13H2,(H,26,28). The van der Waals surface area contributed by atoms with Crippen LogP contribution in [-0.2, 0) is 21.4 Å². The molecule has 3 aromatic carbocycles. The van der Waals surface area contributed by atoms with Gasteiger partial charge in [-0.1, -0.05) is 81.1 Å². The van der Waals surface area contributed by atoms with E-state index < -0.39 is 22.5 Å². The fourth-order valence-electron chi connectivity index (χ4n) is 2.73. The molecule has 0 aromatic heterocycles. The highest BCUT2D eigenvalue weighted by molar-refractivity contribution is 9.10. The zero-order chi connectivity index (χ0) is 22.6.